The van der Waals surface area contributed by atoms with E-state index in [9.17, 15) is 4.79 Å². The number of ether oxygens (including phenoxy) is 1. The number of hydrogen-bond donors (Lipinski definition) is 0. The molecule has 1 heterocycles. The summed E-state index contributed by atoms with van der Waals surface area (Å²) in [7, 11) is 5.88. The Morgan fingerprint density at radius 3 is 2.30 bits per heavy atom. The van der Waals surface area contributed by atoms with Crippen LogP contribution in [0.5, 0.6) is 5.75 Å². The Morgan fingerprint density at radius 1 is 1.19 bits per heavy atom. The fraction of sp³-hybridized carbons (Fsp3) is 0.591. The summed E-state index contributed by atoms with van der Waals surface area (Å²) in [6.07, 6.45) is 2.93. The Kier molecular flexibility index (Phi) is 7.87. The summed E-state index contributed by atoms with van der Waals surface area (Å²) in [4.78, 5) is 19.6. The van der Waals surface area contributed by atoms with E-state index in [0.717, 1.165) is 49.5 Å². The van der Waals surface area contributed by atoms with E-state index in [4.69, 9.17) is 4.74 Å². The predicted octanol–water partition coefficient (Wildman–Crippen LogP) is 2.97. The van der Waals surface area contributed by atoms with Gasteiger partial charge in [0.05, 0.1) is 7.11 Å². The molecule has 0 spiro atoms. The number of benzene rings is 1. The fourth-order valence-electron chi connectivity index (χ4n) is 3.76. The monoisotopic (exact) mass is 373 g/mol. The molecule has 1 aromatic carbocycles. The van der Waals surface area contributed by atoms with E-state index in [2.05, 4.69) is 37.7 Å². The van der Waals surface area contributed by atoms with Crippen molar-refractivity contribution in [3.05, 3.63) is 35.9 Å². The number of hydrogen-bond acceptors (Lipinski definition) is 4. The van der Waals surface area contributed by atoms with Crippen molar-refractivity contribution in [2.75, 3.05) is 47.4 Å². The van der Waals surface area contributed by atoms with Crippen LogP contribution in [0, 0.1) is 0 Å². The van der Waals surface area contributed by atoms with Gasteiger partial charge in [-0.25, -0.2) is 0 Å². The first-order chi connectivity index (χ1) is 12.8. The Balaban J connectivity index is 1.96. The van der Waals surface area contributed by atoms with E-state index in [1.807, 2.05) is 36.1 Å². The zero-order chi connectivity index (χ0) is 20.0. The van der Waals surface area contributed by atoms with Crippen LogP contribution >= 0.6 is 0 Å². The van der Waals surface area contributed by atoms with Gasteiger partial charge in [0.1, 0.15) is 5.75 Å². The quantitative estimate of drug-likeness (QED) is 0.689. The minimum absolute atomic E-state index is 0.106. The second-order valence-corrected chi connectivity index (χ2v) is 7.89. The third kappa shape index (κ3) is 6.08. The zero-order valence-corrected chi connectivity index (χ0v) is 17.7. The molecule has 1 aromatic rings. The van der Waals surface area contributed by atoms with Gasteiger partial charge in [0.25, 0.3) is 0 Å². The van der Waals surface area contributed by atoms with Crippen molar-refractivity contribution in [3.8, 4) is 5.75 Å². The van der Waals surface area contributed by atoms with Crippen LogP contribution in [-0.2, 0) is 4.79 Å². The molecule has 150 valence electrons. The van der Waals surface area contributed by atoms with E-state index in [0.29, 0.717) is 12.1 Å². The van der Waals surface area contributed by atoms with E-state index in [1.165, 1.54) is 0 Å². The number of nitrogens with zero attached hydrogens (tertiary/aromatic N) is 3. The summed E-state index contributed by atoms with van der Waals surface area (Å²) in [6, 6.07) is 8.60. The van der Waals surface area contributed by atoms with E-state index in [1.54, 1.807) is 13.2 Å². The lowest BCUT2D eigenvalue weighted by molar-refractivity contribution is -0.130. The molecule has 5 heteroatoms. The molecule has 1 amide bonds. The van der Waals surface area contributed by atoms with Gasteiger partial charge in [-0.05, 0) is 71.1 Å². The van der Waals surface area contributed by atoms with Gasteiger partial charge in [0.2, 0.25) is 5.91 Å². The van der Waals surface area contributed by atoms with Crippen LogP contribution < -0.4 is 4.74 Å². The van der Waals surface area contributed by atoms with Gasteiger partial charge < -0.3 is 14.5 Å². The third-order valence-corrected chi connectivity index (χ3v) is 5.32. The van der Waals surface area contributed by atoms with Crippen LogP contribution in [0.25, 0.3) is 5.57 Å². The number of methoxy groups -OCH3 is 1. The second kappa shape index (κ2) is 9.90. The highest BCUT2D eigenvalue weighted by Crippen LogP contribution is 2.20. The van der Waals surface area contributed by atoms with Crippen molar-refractivity contribution in [2.45, 2.75) is 39.3 Å². The molecule has 0 N–H and O–H groups in total. The Labute approximate surface area is 164 Å². The second-order valence-electron chi connectivity index (χ2n) is 7.89. The molecule has 27 heavy (non-hydrogen) atoms. The molecule has 1 aliphatic rings. The number of rotatable bonds is 7. The lowest BCUT2D eigenvalue weighted by atomic mass is 10.0. The van der Waals surface area contributed by atoms with Crippen molar-refractivity contribution >= 4 is 11.5 Å². The average Bonchev–Trinajstić information content (AvgIpc) is 2.63. The first-order valence-electron chi connectivity index (χ1n) is 9.84. The minimum Gasteiger partial charge on any atom is -0.497 e. The zero-order valence-electron chi connectivity index (χ0n) is 17.7. The summed E-state index contributed by atoms with van der Waals surface area (Å²) >= 11 is 0. The maximum Gasteiger partial charge on any atom is 0.246 e. The summed E-state index contributed by atoms with van der Waals surface area (Å²) in [6.45, 7) is 10.2. The first-order valence-corrected chi connectivity index (χ1v) is 9.84. The normalized spacial score (nSPS) is 21.6. The molecule has 0 radical (unpaired) electrons. The van der Waals surface area contributed by atoms with Crippen molar-refractivity contribution in [2.24, 2.45) is 0 Å². The predicted molar refractivity (Wildman–Crippen MR) is 112 cm³/mol. The summed E-state index contributed by atoms with van der Waals surface area (Å²) in [5.74, 6) is 0.931. The van der Waals surface area contributed by atoms with Gasteiger partial charge in [0, 0.05) is 37.8 Å². The van der Waals surface area contributed by atoms with Gasteiger partial charge in [0.15, 0.2) is 0 Å². The number of amides is 1. The van der Waals surface area contributed by atoms with Gasteiger partial charge in [-0.3, -0.25) is 9.69 Å². The van der Waals surface area contributed by atoms with Crippen molar-refractivity contribution in [1.82, 2.24) is 14.7 Å². The van der Waals surface area contributed by atoms with Crippen molar-refractivity contribution in [3.63, 3.8) is 0 Å². The SMILES string of the molecule is COc1ccc(/C(C)=C/C(=O)N2CC(C)N(CCCN(C)C)C(C)C2)cc1. The maximum atomic E-state index is 12.8. The van der Waals surface area contributed by atoms with Crippen LogP contribution in [0.3, 0.4) is 0 Å². The van der Waals surface area contributed by atoms with E-state index in [-0.39, 0.29) is 5.91 Å². The third-order valence-electron chi connectivity index (χ3n) is 5.32. The van der Waals surface area contributed by atoms with Gasteiger partial charge in [-0.1, -0.05) is 12.1 Å². The molecule has 1 fully saturated rings. The van der Waals surface area contributed by atoms with E-state index < -0.39 is 0 Å². The standard InChI is InChI=1S/C22H35N3O2/c1-17(20-8-10-21(27-6)11-9-20)14-22(26)24-15-18(2)25(19(3)16-24)13-7-12-23(4)5/h8-11,14,18-19H,7,12-13,15-16H2,1-6H3/b17-14+. The molecule has 0 saturated carbocycles. The highest BCUT2D eigenvalue weighted by Gasteiger charge is 2.30. The van der Waals surface area contributed by atoms with Crippen LogP contribution in [0.1, 0.15) is 32.8 Å². The summed E-state index contributed by atoms with van der Waals surface area (Å²) < 4.78 is 5.20. The molecule has 0 bridgehead atoms. The molecular weight excluding hydrogens is 338 g/mol. The van der Waals surface area contributed by atoms with Crippen LogP contribution in [-0.4, -0.2) is 80.1 Å². The molecule has 5 nitrogen and oxygen atoms in total. The fourth-order valence-corrected chi connectivity index (χ4v) is 3.76. The average molecular weight is 374 g/mol. The summed E-state index contributed by atoms with van der Waals surface area (Å²) in [5, 5.41) is 0. The molecule has 2 atom stereocenters. The summed E-state index contributed by atoms with van der Waals surface area (Å²) in [5.41, 5.74) is 2.03. The van der Waals surface area contributed by atoms with E-state index >= 15 is 0 Å². The molecule has 1 saturated heterocycles. The highest BCUT2D eigenvalue weighted by molar-refractivity contribution is 5.95. The molecule has 0 aliphatic carbocycles. The van der Waals surface area contributed by atoms with Gasteiger partial charge >= 0.3 is 0 Å². The smallest absolute Gasteiger partial charge is 0.246 e. The Bertz CT molecular complexity index is 627. The van der Waals surface area contributed by atoms with Gasteiger partial charge in [-0.2, -0.15) is 0 Å². The minimum atomic E-state index is 0.106. The van der Waals surface area contributed by atoms with Crippen LogP contribution in [0.4, 0.5) is 0 Å². The number of carbonyl (C=O) groups excluding carboxylic acids is 1. The van der Waals surface area contributed by atoms with Crippen LogP contribution in [0.2, 0.25) is 0 Å². The lowest BCUT2D eigenvalue weighted by Crippen LogP contribution is -2.58. The largest absolute Gasteiger partial charge is 0.497 e. The van der Waals surface area contributed by atoms with Crippen molar-refractivity contribution in [1.29, 1.82) is 0 Å². The number of piperazine rings is 1. The first kappa shape index (κ1) is 21.5. The number of carbonyl (C=O) groups is 1. The molecule has 0 aromatic heterocycles. The van der Waals surface area contributed by atoms with Crippen LogP contribution in [0.15, 0.2) is 30.3 Å². The van der Waals surface area contributed by atoms with Gasteiger partial charge in [-0.15, -0.1) is 0 Å². The highest BCUT2D eigenvalue weighted by atomic mass is 16.5. The Morgan fingerprint density at radius 2 is 1.78 bits per heavy atom. The maximum absolute atomic E-state index is 12.8. The molecule has 2 unspecified atom stereocenters. The molecular formula is C22H35N3O2. The molecule has 1 aliphatic heterocycles. The molecule has 2 rings (SSSR count). The number of allylic oxidation sites excluding steroid dienone is 1. The van der Waals surface area contributed by atoms with Crippen molar-refractivity contribution < 1.29 is 9.53 Å². The lowest BCUT2D eigenvalue weighted by Gasteiger charge is -2.44. The Hall–Kier alpha value is -1.85. The topological polar surface area (TPSA) is 36.0 Å².